The van der Waals surface area contributed by atoms with E-state index in [-0.39, 0.29) is 12.6 Å². The molecule has 0 saturated carbocycles. The predicted molar refractivity (Wildman–Crippen MR) is 73.8 cm³/mol. The monoisotopic (exact) mass is 270 g/mol. The Morgan fingerprint density at radius 1 is 1.44 bits per heavy atom. The summed E-state index contributed by atoms with van der Waals surface area (Å²) in [5, 5.41) is 9.99. The number of aliphatic hydroxyl groups excluding tert-OH is 1. The van der Waals surface area contributed by atoms with Crippen LogP contribution in [0.25, 0.3) is 0 Å². The van der Waals surface area contributed by atoms with Crippen LogP contribution in [-0.2, 0) is 4.79 Å². The van der Waals surface area contributed by atoms with Gasteiger partial charge in [0.1, 0.15) is 0 Å². The number of carbonyl (C=O) groups is 1. The Morgan fingerprint density at radius 2 is 2.06 bits per heavy atom. The van der Waals surface area contributed by atoms with E-state index in [2.05, 4.69) is 0 Å². The van der Waals surface area contributed by atoms with Gasteiger partial charge in [-0.3, -0.25) is 4.79 Å². The second-order valence-electron chi connectivity index (χ2n) is 4.57. The van der Waals surface area contributed by atoms with Crippen molar-refractivity contribution in [2.45, 2.75) is 32.9 Å². The molecule has 5 heteroatoms. The fourth-order valence-corrected chi connectivity index (χ4v) is 2.03. The summed E-state index contributed by atoms with van der Waals surface area (Å²) in [5.41, 5.74) is 6.72. The van der Waals surface area contributed by atoms with Crippen LogP contribution in [-0.4, -0.2) is 23.6 Å². The molecule has 1 atom stereocenters. The van der Waals surface area contributed by atoms with E-state index >= 15 is 0 Å². The van der Waals surface area contributed by atoms with Crippen molar-refractivity contribution in [1.82, 2.24) is 0 Å². The molecule has 0 saturated heterocycles. The molecule has 1 aromatic rings. The summed E-state index contributed by atoms with van der Waals surface area (Å²) in [5.74, 6) is -0.403. The van der Waals surface area contributed by atoms with E-state index in [9.17, 15) is 9.90 Å². The maximum atomic E-state index is 11.1. The van der Waals surface area contributed by atoms with E-state index in [1.165, 1.54) is 0 Å². The third kappa shape index (κ3) is 3.62. The van der Waals surface area contributed by atoms with Gasteiger partial charge in [0.25, 0.3) is 0 Å². The smallest absolute Gasteiger partial charge is 0.236 e. The number of hydrogen-bond acceptors (Lipinski definition) is 3. The number of nitrogens with two attached hydrogens (primary N) is 1. The molecule has 0 bridgehead atoms. The normalized spacial score (nSPS) is 12.6. The Bertz CT molecular complexity index is 433. The van der Waals surface area contributed by atoms with Crippen molar-refractivity contribution in [2.24, 2.45) is 5.73 Å². The van der Waals surface area contributed by atoms with Crippen molar-refractivity contribution in [3.05, 3.63) is 28.8 Å². The lowest BCUT2D eigenvalue weighted by Gasteiger charge is -2.28. The summed E-state index contributed by atoms with van der Waals surface area (Å²) in [6.45, 7) is 5.71. The van der Waals surface area contributed by atoms with Crippen LogP contribution >= 0.6 is 11.6 Å². The minimum absolute atomic E-state index is 0.104. The number of aliphatic hydroxyl groups is 1. The van der Waals surface area contributed by atoms with Crippen molar-refractivity contribution in [2.75, 3.05) is 11.4 Å². The second kappa shape index (κ2) is 6.07. The summed E-state index contributed by atoms with van der Waals surface area (Å²) < 4.78 is 0. The zero-order valence-electron chi connectivity index (χ0n) is 10.9. The molecule has 4 nitrogen and oxygen atoms in total. The van der Waals surface area contributed by atoms with Crippen molar-refractivity contribution >= 4 is 23.2 Å². The molecule has 18 heavy (non-hydrogen) atoms. The molecule has 0 fully saturated rings. The molecule has 0 spiro atoms. The van der Waals surface area contributed by atoms with E-state index < -0.39 is 12.0 Å². The average molecular weight is 271 g/mol. The van der Waals surface area contributed by atoms with Gasteiger partial charge in [-0.15, -0.1) is 0 Å². The first-order valence-electron chi connectivity index (χ1n) is 5.85. The zero-order chi connectivity index (χ0) is 13.9. The topological polar surface area (TPSA) is 66.6 Å². The number of carbonyl (C=O) groups excluding carboxylic acids is 1. The predicted octanol–water partition coefficient (Wildman–Crippen LogP) is 2.09. The van der Waals surface area contributed by atoms with E-state index in [4.69, 9.17) is 17.3 Å². The first-order valence-corrected chi connectivity index (χ1v) is 6.23. The summed E-state index contributed by atoms with van der Waals surface area (Å²) >= 11 is 6.19. The highest BCUT2D eigenvalue weighted by atomic mass is 35.5. The largest absolute Gasteiger partial charge is 0.389 e. The summed E-state index contributed by atoms with van der Waals surface area (Å²) in [4.78, 5) is 12.9. The number of rotatable bonds is 5. The van der Waals surface area contributed by atoms with Crippen LogP contribution < -0.4 is 10.6 Å². The maximum absolute atomic E-state index is 11.1. The lowest BCUT2D eigenvalue weighted by molar-refractivity contribution is -0.116. The molecule has 0 heterocycles. The molecule has 0 unspecified atom stereocenters. The standard InChI is InChI=1S/C13H19ClN2O2/c1-8(2)16(7-13(15)18)12-5-4-10(9(3)17)6-11(12)14/h4-6,8-9,17H,7H2,1-3H3,(H2,15,18)/t9-/m0/s1. The molecule has 0 aromatic heterocycles. The van der Waals surface area contributed by atoms with Gasteiger partial charge in [-0.2, -0.15) is 0 Å². The van der Waals surface area contributed by atoms with Gasteiger partial charge in [0.05, 0.1) is 23.4 Å². The molecule has 0 aliphatic heterocycles. The molecule has 3 N–H and O–H groups in total. The average Bonchev–Trinajstić information content (AvgIpc) is 2.25. The van der Waals surface area contributed by atoms with Crippen LogP contribution in [0.4, 0.5) is 5.69 Å². The molecule has 0 aliphatic rings. The van der Waals surface area contributed by atoms with Crippen LogP contribution in [0.2, 0.25) is 5.02 Å². The van der Waals surface area contributed by atoms with Gasteiger partial charge < -0.3 is 15.7 Å². The van der Waals surface area contributed by atoms with Gasteiger partial charge in [-0.1, -0.05) is 17.7 Å². The van der Waals surface area contributed by atoms with Crippen LogP contribution in [0.1, 0.15) is 32.4 Å². The molecule has 1 aromatic carbocycles. The first kappa shape index (κ1) is 14.8. The van der Waals surface area contributed by atoms with Crippen LogP contribution in [0.5, 0.6) is 0 Å². The lowest BCUT2D eigenvalue weighted by Crippen LogP contribution is -2.38. The SMILES string of the molecule is CC(C)N(CC(N)=O)c1ccc([C@H](C)O)cc1Cl. The highest BCUT2D eigenvalue weighted by Crippen LogP contribution is 2.30. The quantitative estimate of drug-likeness (QED) is 0.861. The second-order valence-corrected chi connectivity index (χ2v) is 4.98. The molecule has 1 rings (SSSR count). The number of amides is 1. The number of primary amides is 1. The van der Waals surface area contributed by atoms with Gasteiger partial charge in [-0.25, -0.2) is 0 Å². The fraction of sp³-hybridized carbons (Fsp3) is 0.462. The Balaban J connectivity index is 3.09. The Morgan fingerprint density at radius 3 is 2.44 bits per heavy atom. The number of hydrogen-bond donors (Lipinski definition) is 2. The number of anilines is 1. The molecule has 100 valence electrons. The van der Waals surface area contributed by atoms with Gasteiger partial charge in [0.2, 0.25) is 5.91 Å². The third-order valence-electron chi connectivity index (χ3n) is 2.71. The summed E-state index contributed by atoms with van der Waals surface area (Å²) in [6.07, 6.45) is -0.569. The third-order valence-corrected chi connectivity index (χ3v) is 3.02. The first-order chi connectivity index (χ1) is 8.32. The van der Waals surface area contributed by atoms with Gasteiger partial charge in [0, 0.05) is 6.04 Å². The molecular weight excluding hydrogens is 252 g/mol. The number of benzene rings is 1. The van der Waals surface area contributed by atoms with E-state index in [1.807, 2.05) is 18.7 Å². The van der Waals surface area contributed by atoms with Crippen molar-refractivity contribution in [3.63, 3.8) is 0 Å². The fourth-order valence-electron chi connectivity index (χ4n) is 1.73. The van der Waals surface area contributed by atoms with E-state index in [1.54, 1.807) is 25.1 Å². The molecular formula is C13H19ClN2O2. The molecule has 0 radical (unpaired) electrons. The Labute approximate surface area is 112 Å². The molecule has 0 aliphatic carbocycles. The van der Waals surface area contributed by atoms with Crippen LogP contribution in [0, 0.1) is 0 Å². The van der Waals surface area contributed by atoms with E-state index in [0.717, 1.165) is 11.3 Å². The highest BCUT2D eigenvalue weighted by Gasteiger charge is 2.16. The zero-order valence-corrected chi connectivity index (χ0v) is 11.6. The Hall–Kier alpha value is -1.26. The number of halogens is 1. The summed E-state index contributed by atoms with van der Waals surface area (Å²) in [7, 11) is 0. The van der Waals surface area contributed by atoms with Crippen molar-refractivity contribution in [3.8, 4) is 0 Å². The van der Waals surface area contributed by atoms with Crippen molar-refractivity contribution < 1.29 is 9.90 Å². The highest BCUT2D eigenvalue weighted by molar-refractivity contribution is 6.33. The van der Waals surface area contributed by atoms with Gasteiger partial charge >= 0.3 is 0 Å². The van der Waals surface area contributed by atoms with Crippen LogP contribution in [0.15, 0.2) is 18.2 Å². The summed E-state index contributed by atoms with van der Waals surface area (Å²) in [6, 6.07) is 5.40. The van der Waals surface area contributed by atoms with E-state index in [0.29, 0.717) is 5.02 Å². The molecule has 1 amide bonds. The van der Waals surface area contributed by atoms with Crippen molar-refractivity contribution in [1.29, 1.82) is 0 Å². The Kier molecular flexibility index (Phi) is 4.99. The maximum Gasteiger partial charge on any atom is 0.236 e. The lowest BCUT2D eigenvalue weighted by atomic mass is 10.1. The number of nitrogens with zero attached hydrogens (tertiary/aromatic N) is 1. The minimum atomic E-state index is -0.569. The van der Waals surface area contributed by atoms with Gasteiger partial charge in [0.15, 0.2) is 0 Å². The van der Waals surface area contributed by atoms with Gasteiger partial charge in [-0.05, 0) is 38.5 Å². The van der Waals surface area contributed by atoms with Crippen LogP contribution in [0.3, 0.4) is 0 Å². The minimum Gasteiger partial charge on any atom is -0.389 e.